The lowest BCUT2D eigenvalue weighted by molar-refractivity contribution is -0.126. The lowest BCUT2D eigenvalue weighted by Gasteiger charge is -2.50. The normalized spacial score (nSPS) is 25.5. The summed E-state index contributed by atoms with van der Waals surface area (Å²) in [6, 6.07) is 17.0. The summed E-state index contributed by atoms with van der Waals surface area (Å²) in [5.41, 5.74) is 5.24. The van der Waals surface area contributed by atoms with Crippen molar-refractivity contribution in [2.45, 2.75) is 32.1 Å². The zero-order valence-corrected chi connectivity index (χ0v) is 14.7. The fourth-order valence-corrected chi connectivity index (χ4v) is 4.78. The molecule has 5 nitrogen and oxygen atoms in total. The SMILES string of the molecule is Cc1nonc1NC(=O)C1(C)CC2c3ccccc3C1c1ccccc12. The molecule has 3 aliphatic carbocycles. The number of carbonyl (C=O) groups is 1. The minimum absolute atomic E-state index is 0.0278. The van der Waals surface area contributed by atoms with E-state index in [0.717, 1.165) is 6.42 Å². The molecule has 5 heteroatoms. The van der Waals surface area contributed by atoms with Gasteiger partial charge >= 0.3 is 0 Å². The van der Waals surface area contributed by atoms with Gasteiger partial charge in [-0.05, 0) is 47.7 Å². The van der Waals surface area contributed by atoms with Crippen molar-refractivity contribution >= 4 is 11.7 Å². The van der Waals surface area contributed by atoms with Gasteiger partial charge in [0.1, 0.15) is 5.69 Å². The zero-order chi connectivity index (χ0) is 17.9. The van der Waals surface area contributed by atoms with E-state index in [0.29, 0.717) is 11.5 Å². The molecule has 1 amide bonds. The van der Waals surface area contributed by atoms with Gasteiger partial charge in [-0.15, -0.1) is 0 Å². The first-order valence-electron chi connectivity index (χ1n) is 8.88. The Morgan fingerprint density at radius 1 is 1.04 bits per heavy atom. The summed E-state index contributed by atoms with van der Waals surface area (Å²) in [5, 5.41) is 10.5. The maximum atomic E-state index is 13.3. The molecule has 1 unspecified atom stereocenters. The van der Waals surface area contributed by atoms with Crippen molar-refractivity contribution < 1.29 is 9.42 Å². The lowest BCUT2D eigenvalue weighted by atomic mass is 9.52. The maximum absolute atomic E-state index is 13.3. The number of hydrogen-bond acceptors (Lipinski definition) is 4. The Bertz CT molecular complexity index is 978. The number of nitrogens with one attached hydrogen (secondary N) is 1. The van der Waals surface area contributed by atoms with Crippen molar-refractivity contribution in [3.8, 4) is 0 Å². The minimum atomic E-state index is -0.557. The second-order valence-electron chi connectivity index (χ2n) is 7.52. The number of rotatable bonds is 2. The number of aryl methyl sites for hydroxylation is 1. The molecule has 3 aliphatic rings. The van der Waals surface area contributed by atoms with Crippen LogP contribution >= 0.6 is 0 Å². The van der Waals surface area contributed by atoms with E-state index in [-0.39, 0.29) is 17.7 Å². The number of carbonyl (C=O) groups excluding carboxylic acids is 1. The van der Waals surface area contributed by atoms with Crippen LogP contribution in [0.2, 0.25) is 0 Å². The van der Waals surface area contributed by atoms with Crippen LogP contribution in [-0.2, 0) is 4.79 Å². The van der Waals surface area contributed by atoms with E-state index in [9.17, 15) is 4.79 Å². The first-order chi connectivity index (χ1) is 12.6. The highest BCUT2D eigenvalue weighted by Gasteiger charge is 2.54. The van der Waals surface area contributed by atoms with Gasteiger partial charge in [0.25, 0.3) is 0 Å². The monoisotopic (exact) mass is 345 g/mol. The predicted octanol–water partition coefficient (Wildman–Crippen LogP) is 4.00. The maximum Gasteiger partial charge on any atom is 0.232 e. The summed E-state index contributed by atoms with van der Waals surface area (Å²) < 4.78 is 4.73. The first-order valence-corrected chi connectivity index (χ1v) is 8.88. The Labute approximate surface area is 151 Å². The van der Waals surface area contributed by atoms with Gasteiger partial charge in [-0.1, -0.05) is 53.7 Å². The first kappa shape index (κ1) is 15.3. The Morgan fingerprint density at radius 3 is 2.15 bits per heavy atom. The summed E-state index contributed by atoms with van der Waals surface area (Å²) in [6.07, 6.45) is 0.780. The standard InChI is InChI=1S/C21H19N3O2/c1-12-19(24-26-23-12)22-20(25)21(2)11-17-13-7-3-5-9-15(13)18(21)16-10-6-4-8-14(16)17/h3-10,17-18H,11H2,1-2H3,(H,22,24,25). The molecule has 1 heterocycles. The molecule has 0 radical (unpaired) electrons. The summed E-state index contributed by atoms with van der Waals surface area (Å²) in [4.78, 5) is 13.3. The molecule has 0 spiro atoms. The second-order valence-corrected chi connectivity index (χ2v) is 7.52. The van der Waals surface area contributed by atoms with Gasteiger partial charge in [-0.3, -0.25) is 4.79 Å². The molecule has 0 saturated carbocycles. The van der Waals surface area contributed by atoms with Gasteiger partial charge in [-0.2, -0.15) is 0 Å². The molecular formula is C21H19N3O2. The zero-order valence-electron chi connectivity index (χ0n) is 14.7. The molecule has 0 saturated heterocycles. The van der Waals surface area contributed by atoms with Crippen molar-refractivity contribution in [1.29, 1.82) is 0 Å². The molecule has 6 rings (SSSR count). The molecule has 130 valence electrons. The van der Waals surface area contributed by atoms with Crippen LogP contribution in [-0.4, -0.2) is 16.2 Å². The van der Waals surface area contributed by atoms with E-state index in [1.165, 1.54) is 22.3 Å². The van der Waals surface area contributed by atoms with Crippen LogP contribution in [0, 0.1) is 12.3 Å². The van der Waals surface area contributed by atoms with E-state index in [2.05, 4.69) is 71.1 Å². The van der Waals surface area contributed by atoms with Crippen LogP contribution in [0.1, 0.15) is 53.1 Å². The Hall–Kier alpha value is -2.95. The Balaban J connectivity index is 1.64. The van der Waals surface area contributed by atoms with Crippen molar-refractivity contribution in [2.24, 2.45) is 5.41 Å². The molecular weight excluding hydrogens is 326 g/mol. The van der Waals surface area contributed by atoms with Crippen molar-refractivity contribution in [1.82, 2.24) is 10.3 Å². The second kappa shape index (κ2) is 5.27. The van der Waals surface area contributed by atoms with Crippen molar-refractivity contribution in [3.63, 3.8) is 0 Å². The summed E-state index contributed by atoms with van der Waals surface area (Å²) in [6.45, 7) is 3.83. The van der Waals surface area contributed by atoms with Gasteiger partial charge in [0.05, 0.1) is 5.41 Å². The van der Waals surface area contributed by atoms with E-state index < -0.39 is 5.41 Å². The average molecular weight is 345 g/mol. The van der Waals surface area contributed by atoms with Crippen LogP contribution in [0.5, 0.6) is 0 Å². The quantitative estimate of drug-likeness (QED) is 0.762. The van der Waals surface area contributed by atoms with Gasteiger partial charge in [-0.25, -0.2) is 4.63 Å². The summed E-state index contributed by atoms with van der Waals surface area (Å²) in [5.74, 6) is 0.634. The summed E-state index contributed by atoms with van der Waals surface area (Å²) >= 11 is 0. The number of hydrogen-bond donors (Lipinski definition) is 1. The molecule has 0 fully saturated rings. The predicted molar refractivity (Wildman–Crippen MR) is 97.0 cm³/mol. The number of aromatic nitrogens is 2. The van der Waals surface area contributed by atoms with Crippen LogP contribution in [0.3, 0.4) is 0 Å². The minimum Gasteiger partial charge on any atom is -0.306 e. The van der Waals surface area contributed by atoms with Crippen LogP contribution in [0.4, 0.5) is 5.82 Å². The van der Waals surface area contributed by atoms with Crippen LogP contribution < -0.4 is 5.32 Å². The highest BCUT2D eigenvalue weighted by molar-refractivity contribution is 5.96. The molecule has 0 aliphatic heterocycles. The van der Waals surface area contributed by atoms with Crippen LogP contribution in [0.15, 0.2) is 53.2 Å². The number of amides is 1. The highest BCUT2D eigenvalue weighted by atomic mass is 16.6. The van der Waals surface area contributed by atoms with E-state index >= 15 is 0 Å². The number of nitrogens with zero attached hydrogens (tertiary/aromatic N) is 2. The third-order valence-electron chi connectivity index (χ3n) is 6.03. The topological polar surface area (TPSA) is 68.0 Å². The van der Waals surface area contributed by atoms with Gasteiger partial charge in [0.2, 0.25) is 5.91 Å². The van der Waals surface area contributed by atoms with Gasteiger partial charge in [0.15, 0.2) is 5.82 Å². The van der Waals surface area contributed by atoms with E-state index in [1.54, 1.807) is 6.92 Å². The molecule has 1 N–H and O–H groups in total. The molecule has 2 bridgehead atoms. The van der Waals surface area contributed by atoms with E-state index in [1.807, 2.05) is 0 Å². The fourth-order valence-electron chi connectivity index (χ4n) is 4.78. The number of fused-ring (bicyclic) bond motifs is 1. The molecule has 2 aromatic carbocycles. The van der Waals surface area contributed by atoms with E-state index in [4.69, 9.17) is 4.63 Å². The van der Waals surface area contributed by atoms with Crippen molar-refractivity contribution in [2.75, 3.05) is 5.32 Å². The molecule has 26 heavy (non-hydrogen) atoms. The van der Waals surface area contributed by atoms with Crippen molar-refractivity contribution in [3.05, 3.63) is 76.5 Å². The highest BCUT2D eigenvalue weighted by Crippen LogP contribution is 2.61. The average Bonchev–Trinajstić information content (AvgIpc) is 3.06. The largest absolute Gasteiger partial charge is 0.306 e. The Kier molecular flexibility index (Phi) is 3.11. The summed E-state index contributed by atoms with van der Waals surface area (Å²) in [7, 11) is 0. The van der Waals surface area contributed by atoms with Gasteiger partial charge in [0, 0.05) is 11.8 Å². The number of anilines is 1. The molecule has 1 atom stereocenters. The molecule has 1 aromatic heterocycles. The third-order valence-corrected chi connectivity index (χ3v) is 6.03. The Morgan fingerprint density at radius 2 is 1.62 bits per heavy atom. The van der Waals surface area contributed by atoms with Gasteiger partial charge < -0.3 is 5.32 Å². The smallest absolute Gasteiger partial charge is 0.232 e. The fraction of sp³-hybridized carbons (Fsp3) is 0.286. The molecule has 3 aromatic rings. The third kappa shape index (κ3) is 1.94. The lowest BCUT2D eigenvalue weighted by Crippen LogP contribution is -2.47. The number of benzene rings is 2. The van der Waals surface area contributed by atoms with Crippen LogP contribution in [0.25, 0.3) is 0 Å².